The highest BCUT2D eigenvalue weighted by Crippen LogP contribution is 2.06. The molecule has 1 aromatic heterocycles. The molecule has 116 valence electrons. The van der Waals surface area contributed by atoms with E-state index >= 15 is 0 Å². The van der Waals surface area contributed by atoms with Gasteiger partial charge in [-0.05, 0) is 31.0 Å². The van der Waals surface area contributed by atoms with E-state index in [4.69, 9.17) is 5.11 Å². The van der Waals surface area contributed by atoms with Gasteiger partial charge in [-0.2, -0.15) is 0 Å². The van der Waals surface area contributed by atoms with Crippen molar-refractivity contribution in [3.05, 3.63) is 30.1 Å². The van der Waals surface area contributed by atoms with Crippen molar-refractivity contribution in [1.29, 1.82) is 0 Å². The smallest absolute Gasteiger partial charge is 0.317 e. The second-order valence-corrected chi connectivity index (χ2v) is 4.90. The van der Waals surface area contributed by atoms with Crippen molar-refractivity contribution in [3.63, 3.8) is 0 Å². The van der Waals surface area contributed by atoms with Crippen molar-refractivity contribution in [3.8, 4) is 0 Å². The Morgan fingerprint density at radius 3 is 2.52 bits per heavy atom. The lowest BCUT2D eigenvalue weighted by Crippen LogP contribution is -2.45. The summed E-state index contributed by atoms with van der Waals surface area (Å²) < 4.78 is 0. The number of carboxylic acid groups (broad SMARTS) is 1. The number of amides is 2. The molecular weight excluding hydrogens is 270 g/mol. The van der Waals surface area contributed by atoms with Crippen LogP contribution in [0.25, 0.3) is 0 Å². The van der Waals surface area contributed by atoms with Gasteiger partial charge in [0.15, 0.2) is 0 Å². The molecule has 1 heterocycles. The van der Waals surface area contributed by atoms with Crippen molar-refractivity contribution in [1.82, 2.24) is 15.2 Å². The highest BCUT2D eigenvalue weighted by molar-refractivity contribution is 5.76. The van der Waals surface area contributed by atoms with Crippen LogP contribution in [-0.4, -0.2) is 39.6 Å². The number of nitrogens with one attached hydrogen (secondary N) is 1. The van der Waals surface area contributed by atoms with Crippen LogP contribution in [-0.2, 0) is 11.3 Å². The summed E-state index contributed by atoms with van der Waals surface area (Å²) >= 11 is 0. The standard InChI is InChI=1S/C15H23N3O3/c1-3-5-13(10-14(19)20)17-15(21)18(4-2)11-12-6-8-16-9-7-12/h6-9,13H,3-5,10-11H2,1-2H3,(H,17,21)(H,19,20). The lowest BCUT2D eigenvalue weighted by molar-refractivity contribution is -0.137. The minimum absolute atomic E-state index is 0.0492. The lowest BCUT2D eigenvalue weighted by Gasteiger charge is -2.25. The van der Waals surface area contributed by atoms with E-state index in [1.807, 2.05) is 26.0 Å². The second-order valence-electron chi connectivity index (χ2n) is 4.90. The molecule has 1 unspecified atom stereocenters. The Hall–Kier alpha value is -2.11. The van der Waals surface area contributed by atoms with Crippen LogP contribution < -0.4 is 5.32 Å². The van der Waals surface area contributed by atoms with E-state index in [2.05, 4.69) is 10.3 Å². The predicted octanol–water partition coefficient (Wildman–Crippen LogP) is 2.26. The molecule has 0 spiro atoms. The summed E-state index contributed by atoms with van der Waals surface area (Å²) in [7, 11) is 0. The minimum atomic E-state index is -0.897. The summed E-state index contributed by atoms with van der Waals surface area (Å²) in [6, 6.07) is 3.16. The average molecular weight is 293 g/mol. The first-order valence-electron chi connectivity index (χ1n) is 7.22. The van der Waals surface area contributed by atoms with Gasteiger partial charge in [-0.25, -0.2) is 4.79 Å². The molecule has 0 aliphatic carbocycles. The Morgan fingerprint density at radius 2 is 2.00 bits per heavy atom. The fraction of sp³-hybridized carbons (Fsp3) is 0.533. The van der Waals surface area contributed by atoms with Gasteiger partial charge in [0.25, 0.3) is 0 Å². The van der Waals surface area contributed by atoms with E-state index in [0.29, 0.717) is 19.5 Å². The monoisotopic (exact) mass is 293 g/mol. The first-order valence-corrected chi connectivity index (χ1v) is 7.22. The van der Waals surface area contributed by atoms with Gasteiger partial charge in [0, 0.05) is 31.5 Å². The maximum absolute atomic E-state index is 12.3. The Bertz CT molecular complexity index is 451. The van der Waals surface area contributed by atoms with Gasteiger partial charge >= 0.3 is 12.0 Å². The van der Waals surface area contributed by atoms with Crippen LogP contribution in [0.5, 0.6) is 0 Å². The van der Waals surface area contributed by atoms with E-state index < -0.39 is 5.97 Å². The highest BCUT2D eigenvalue weighted by atomic mass is 16.4. The molecule has 0 saturated carbocycles. The van der Waals surface area contributed by atoms with Gasteiger partial charge in [0.05, 0.1) is 6.42 Å². The quantitative estimate of drug-likeness (QED) is 0.770. The molecule has 0 aromatic carbocycles. The normalized spacial score (nSPS) is 11.7. The zero-order valence-corrected chi connectivity index (χ0v) is 12.6. The number of hydrogen-bond donors (Lipinski definition) is 2. The molecule has 6 nitrogen and oxygen atoms in total. The molecule has 0 aliphatic heterocycles. The number of hydrogen-bond acceptors (Lipinski definition) is 3. The summed E-state index contributed by atoms with van der Waals surface area (Å²) in [5.74, 6) is -0.897. The topological polar surface area (TPSA) is 82.5 Å². The average Bonchev–Trinajstić information content (AvgIpc) is 2.45. The fourth-order valence-corrected chi connectivity index (χ4v) is 2.09. The maximum Gasteiger partial charge on any atom is 0.317 e. The maximum atomic E-state index is 12.3. The van der Waals surface area contributed by atoms with E-state index in [0.717, 1.165) is 12.0 Å². The van der Waals surface area contributed by atoms with E-state index in [1.54, 1.807) is 17.3 Å². The van der Waals surface area contributed by atoms with Gasteiger partial charge in [-0.1, -0.05) is 13.3 Å². The third-order valence-electron chi connectivity index (χ3n) is 3.18. The third kappa shape index (κ3) is 6.25. The van der Waals surface area contributed by atoms with E-state index in [9.17, 15) is 9.59 Å². The van der Waals surface area contributed by atoms with Crippen molar-refractivity contribution in [2.75, 3.05) is 6.54 Å². The van der Waals surface area contributed by atoms with Gasteiger partial charge < -0.3 is 15.3 Å². The largest absolute Gasteiger partial charge is 0.481 e. The first kappa shape index (κ1) is 16.9. The molecule has 0 aliphatic rings. The molecular formula is C15H23N3O3. The molecule has 1 aromatic rings. The Balaban J connectivity index is 2.62. The summed E-state index contributed by atoms with van der Waals surface area (Å²) in [4.78, 5) is 28.7. The Morgan fingerprint density at radius 1 is 1.33 bits per heavy atom. The summed E-state index contributed by atoms with van der Waals surface area (Å²) in [5, 5.41) is 11.7. The molecule has 2 amide bonds. The molecule has 21 heavy (non-hydrogen) atoms. The van der Waals surface area contributed by atoms with E-state index in [-0.39, 0.29) is 18.5 Å². The molecule has 0 saturated heterocycles. The van der Waals surface area contributed by atoms with Crippen LogP contribution in [0, 0.1) is 0 Å². The van der Waals surface area contributed by atoms with Crippen LogP contribution >= 0.6 is 0 Å². The number of carbonyl (C=O) groups excluding carboxylic acids is 1. The summed E-state index contributed by atoms with van der Waals surface area (Å²) in [6.45, 7) is 4.90. The van der Waals surface area contributed by atoms with E-state index in [1.165, 1.54) is 0 Å². The Labute approximate surface area is 125 Å². The molecule has 1 atom stereocenters. The summed E-state index contributed by atoms with van der Waals surface area (Å²) in [6.07, 6.45) is 4.81. The van der Waals surface area contributed by atoms with Crippen LogP contribution in [0.3, 0.4) is 0 Å². The number of aromatic nitrogens is 1. The fourth-order valence-electron chi connectivity index (χ4n) is 2.09. The number of carbonyl (C=O) groups is 2. The van der Waals surface area contributed by atoms with Crippen molar-refractivity contribution in [2.24, 2.45) is 0 Å². The van der Waals surface area contributed by atoms with Crippen molar-refractivity contribution >= 4 is 12.0 Å². The minimum Gasteiger partial charge on any atom is -0.481 e. The van der Waals surface area contributed by atoms with Gasteiger partial charge in [0.2, 0.25) is 0 Å². The predicted molar refractivity (Wildman–Crippen MR) is 79.8 cm³/mol. The zero-order chi connectivity index (χ0) is 15.7. The van der Waals surface area contributed by atoms with Crippen LogP contribution in [0.15, 0.2) is 24.5 Å². The molecule has 0 radical (unpaired) electrons. The number of nitrogens with zero attached hydrogens (tertiary/aromatic N) is 2. The molecule has 2 N–H and O–H groups in total. The van der Waals surface area contributed by atoms with Crippen molar-refractivity contribution in [2.45, 2.75) is 45.7 Å². The zero-order valence-electron chi connectivity index (χ0n) is 12.6. The Kier molecular flexibility index (Phi) is 7.21. The number of rotatable bonds is 8. The second kappa shape index (κ2) is 8.94. The molecule has 0 fully saturated rings. The molecule has 0 bridgehead atoms. The third-order valence-corrected chi connectivity index (χ3v) is 3.18. The number of urea groups is 1. The SMILES string of the molecule is CCCC(CC(=O)O)NC(=O)N(CC)Cc1ccncc1. The van der Waals surface area contributed by atoms with Crippen LogP contribution in [0.2, 0.25) is 0 Å². The number of pyridine rings is 1. The van der Waals surface area contributed by atoms with Crippen molar-refractivity contribution < 1.29 is 14.7 Å². The summed E-state index contributed by atoms with van der Waals surface area (Å²) in [5.41, 5.74) is 0.993. The number of carboxylic acids is 1. The molecule has 1 rings (SSSR count). The van der Waals surface area contributed by atoms with Gasteiger partial charge in [-0.3, -0.25) is 9.78 Å². The molecule has 6 heteroatoms. The van der Waals surface area contributed by atoms with Gasteiger partial charge in [-0.15, -0.1) is 0 Å². The van der Waals surface area contributed by atoms with Gasteiger partial charge in [0.1, 0.15) is 0 Å². The lowest BCUT2D eigenvalue weighted by atomic mass is 10.1. The highest BCUT2D eigenvalue weighted by Gasteiger charge is 2.18. The number of aliphatic carboxylic acids is 1. The van der Waals surface area contributed by atoms with Crippen LogP contribution in [0.4, 0.5) is 4.79 Å². The van der Waals surface area contributed by atoms with Crippen LogP contribution in [0.1, 0.15) is 38.7 Å². The first-order chi connectivity index (χ1) is 10.1.